The third kappa shape index (κ3) is 11.7. The lowest BCUT2D eigenvalue weighted by Crippen LogP contribution is -2.37. The number of alkyl carbamates (subject to hydrolysis) is 1. The average molecular weight is 290 g/mol. The number of nitrogens with one attached hydrogen (secondary N) is 3. The predicted octanol–water partition coefficient (Wildman–Crippen LogP) is -0.850. The van der Waals surface area contributed by atoms with Crippen LogP contribution in [-0.4, -0.2) is 57.6 Å². The molecule has 0 radical (unpaired) electrons. The molecule has 0 unspecified atom stereocenters. The van der Waals surface area contributed by atoms with E-state index in [2.05, 4.69) is 16.0 Å². The number of rotatable bonds is 11. The Bertz CT molecular complexity index is 276. The van der Waals surface area contributed by atoms with Gasteiger partial charge in [0.15, 0.2) is 0 Å². The molecule has 8 heteroatoms. The van der Waals surface area contributed by atoms with Crippen molar-refractivity contribution >= 4 is 12.1 Å². The molecule has 118 valence electrons. The van der Waals surface area contributed by atoms with Gasteiger partial charge in [0.25, 0.3) is 0 Å². The molecule has 0 rings (SSSR count). The van der Waals surface area contributed by atoms with E-state index in [0.29, 0.717) is 19.6 Å². The minimum Gasteiger partial charge on any atom is -0.425 e. The van der Waals surface area contributed by atoms with E-state index in [-0.39, 0.29) is 6.42 Å². The van der Waals surface area contributed by atoms with Crippen LogP contribution in [0.2, 0.25) is 0 Å². The van der Waals surface area contributed by atoms with Gasteiger partial charge < -0.3 is 31.2 Å². The van der Waals surface area contributed by atoms with E-state index in [1.165, 1.54) is 6.92 Å². The predicted molar refractivity (Wildman–Crippen MR) is 75.1 cm³/mol. The van der Waals surface area contributed by atoms with Gasteiger partial charge in [0.1, 0.15) is 0 Å². The Morgan fingerprint density at radius 2 is 1.65 bits per heavy atom. The Kier molecular flexibility index (Phi) is 11.8. The minimum absolute atomic E-state index is 0.247. The molecular weight excluding hydrogens is 264 g/mol. The fourth-order valence-electron chi connectivity index (χ4n) is 1.27. The zero-order valence-corrected chi connectivity index (χ0v) is 12.2. The molecule has 0 spiro atoms. The molecule has 8 nitrogen and oxygen atoms in total. The van der Waals surface area contributed by atoms with Gasteiger partial charge in [-0.15, -0.1) is 0 Å². The highest BCUT2D eigenvalue weighted by Gasteiger charge is 2.11. The summed E-state index contributed by atoms with van der Waals surface area (Å²) in [5, 5.41) is 8.82. The Hall–Kier alpha value is -1.38. The van der Waals surface area contributed by atoms with Gasteiger partial charge in [0.05, 0.1) is 0 Å². The fourth-order valence-corrected chi connectivity index (χ4v) is 1.27. The highest BCUT2D eigenvalue weighted by Crippen LogP contribution is 1.96. The van der Waals surface area contributed by atoms with Crippen LogP contribution in [0.3, 0.4) is 0 Å². The van der Waals surface area contributed by atoms with E-state index in [1.54, 1.807) is 6.92 Å². The molecule has 0 aromatic rings. The lowest BCUT2D eigenvalue weighted by molar-refractivity contribution is -0.164. The number of carbonyl (C=O) groups excluding carboxylic acids is 2. The highest BCUT2D eigenvalue weighted by molar-refractivity contribution is 5.70. The Balaban J connectivity index is 3.42. The molecule has 5 N–H and O–H groups in total. The monoisotopic (exact) mass is 290 g/mol. The molecule has 1 atom stereocenters. The second-order valence-electron chi connectivity index (χ2n) is 4.03. The number of ether oxygens (including phenoxy) is 2. The molecule has 0 aliphatic carbocycles. The van der Waals surface area contributed by atoms with E-state index in [9.17, 15) is 9.59 Å². The average Bonchev–Trinajstić information content (AvgIpc) is 2.41. The molecule has 0 saturated carbocycles. The van der Waals surface area contributed by atoms with Gasteiger partial charge in [0.2, 0.25) is 6.29 Å². The first kappa shape index (κ1) is 18.6. The zero-order chi connectivity index (χ0) is 15.2. The molecular formula is C12H26N4O4. The summed E-state index contributed by atoms with van der Waals surface area (Å²) in [6.07, 6.45) is -1.24. The lowest BCUT2D eigenvalue weighted by atomic mass is 10.5. The van der Waals surface area contributed by atoms with E-state index in [4.69, 9.17) is 15.2 Å². The summed E-state index contributed by atoms with van der Waals surface area (Å²) in [6, 6.07) is 0. The van der Waals surface area contributed by atoms with Gasteiger partial charge in [-0.1, -0.05) is 6.92 Å². The number of amides is 1. The zero-order valence-electron chi connectivity index (χ0n) is 12.2. The van der Waals surface area contributed by atoms with Gasteiger partial charge in [-0.25, -0.2) is 4.79 Å². The Morgan fingerprint density at radius 3 is 2.25 bits per heavy atom. The molecule has 0 fully saturated rings. The van der Waals surface area contributed by atoms with E-state index in [0.717, 1.165) is 19.6 Å². The number of hydrogen-bond acceptors (Lipinski definition) is 7. The molecule has 0 heterocycles. The van der Waals surface area contributed by atoms with Crippen molar-refractivity contribution in [1.29, 1.82) is 0 Å². The van der Waals surface area contributed by atoms with E-state index < -0.39 is 18.4 Å². The van der Waals surface area contributed by atoms with Crippen LogP contribution in [0.5, 0.6) is 0 Å². The molecule has 0 aliphatic heterocycles. The number of hydrogen-bond donors (Lipinski definition) is 4. The van der Waals surface area contributed by atoms with Gasteiger partial charge in [0, 0.05) is 52.6 Å². The van der Waals surface area contributed by atoms with E-state index in [1.807, 2.05) is 0 Å². The summed E-state index contributed by atoms with van der Waals surface area (Å²) in [5.74, 6) is -0.406. The van der Waals surface area contributed by atoms with Crippen molar-refractivity contribution in [3.05, 3.63) is 0 Å². The maximum absolute atomic E-state index is 11.3. The van der Waals surface area contributed by atoms with Crippen LogP contribution in [0.15, 0.2) is 0 Å². The second kappa shape index (κ2) is 12.6. The first-order chi connectivity index (χ1) is 9.60. The Morgan fingerprint density at radius 1 is 1.05 bits per heavy atom. The first-order valence-electron chi connectivity index (χ1n) is 6.85. The van der Waals surface area contributed by atoms with Crippen molar-refractivity contribution in [2.24, 2.45) is 5.73 Å². The van der Waals surface area contributed by atoms with Gasteiger partial charge in [-0.2, -0.15) is 0 Å². The molecule has 1 amide bonds. The summed E-state index contributed by atoms with van der Waals surface area (Å²) in [4.78, 5) is 22.3. The van der Waals surface area contributed by atoms with Crippen molar-refractivity contribution in [3.63, 3.8) is 0 Å². The number of esters is 1. The summed E-state index contributed by atoms with van der Waals surface area (Å²) in [7, 11) is 0. The molecule has 0 bridgehead atoms. The van der Waals surface area contributed by atoms with Crippen molar-refractivity contribution in [1.82, 2.24) is 16.0 Å². The topological polar surface area (TPSA) is 115 Å². The number of nitrogens with two attached hydrogens (primary N) is 1. The maximum atomic E-state index is 11.3. The van der Waals surface area contributed by atoms with Gasteiger partial charge in [-0.05, 0) is 0 Å². The minimum atomic E-state index is -0.879. The quantitative estimate of drug-likeness (QED) is 0.222. The third-order valence-electron chi connectivity index (χ3n) is 2.23. The van der Waals surface area contributed by atoms with Gasteiger partial charge in [-0.3, -0.25) is 4.79 Å². The largest absolute Gasteiger partial charge is 0.425 e. The van der Waals surface area contributed by atoms with E-state index >= 15 is 0 Å². The van der Waals surface area contributed by atoms with Crippen molar-refractivity contribution < 1.29 is 19.1 Å². The Labute approximate surface area is 119 Å². The smallest absolute Gasteiger partial charge is 0.410 e. The van der Waals surface area contributed by atoms with Crippen LogP contribution < -0.4 is 21.7 Å². The summed E-state index contributed by atoms with van der Waals surface area (Å²) in [6.45, 7) is 7.26. The van der Waals surface area contributed by atoms with Crippen LogP contribution in [-0.2, 0) is 14.3 Å². The standard InChI is InChI=1S/C12H26N4O4/c1-3-11(17)19-10(2)20-12(18)16-9-8-15-7-6-14-5-4-13/h10,14-15H,3-9,13H2,1-2H3,(H,16,18)/t10-/m1/s1. The molecule has 0 saturated heterocycles. The first-order valence-corrected chi connectivity index (χ1v) is 6.85. The maximum Gasteiger partial charge on any atom is 0.410 e. The van der Waals surface area contributed by atoms with Crippen molar-refractivity contribution in [2.45, 2.75) is 26.6 Å². The third-order valence-corrected chi connectivity index (χ3v) is 2.23. The molecule has 0 aromatic heterocycles. The fraction of sp³-hybridized carbons (Fsp3) is 0.833. The summed E-state index contributed by atoms with van der Waals surface area (Å²) in [5.41, 5.74) is 5.33. The summed E-state index contributed by atoms with van der Waals surface area (Å²) < 4.78 is 9.63. The number of carbonyl (C=O) groups is 2. The van der Waals surface area contributed by atoms with Gasteiger partial charge >= 0.3 is 12.1 Å². The van der Waals surface area contributed by atoms with Crippen LogP contribution in [0.1, 0.15) is 20.3 Å². The lowest BCUT2D eigenvalue weighted by Gasteiger charge is -2.14. The summed E-state index contributed by atoms with van der Waals surface area (Å²) >= 11 is 0. The second-order valence-corrected chi connectivity index (χ2v) is 4.03. The van der Waals surface area contributed by atoms with Crippen LogP contribution in [0.25, 0.3) is 0 Å². The van der Waals surface area contributed by atoms with Crippen LogP contribution >= 0.6 is 0 Å². The van der Waals surface area contributed by atoms with Crippen molar-refractivity contribution in [2.75, 3.05) is 39.3 Å². The van der Waals surface area contributed by atoms with Crippen LogP contribution in [0.4, 0.5) is 4.79 Å². The molecule has 0 aromatic carbocycles. The molecule has 20 heavy (non-hydrogen) atoms. The van der Waals surface area contributed by atoms with Crippen molar-refractivity contribution in [3.8, 4) is 0 Å². The highest BCUT2D eigenvalue weighted by atomic mass is 16.7. The van der Waals surface area contributed by atoms with Crippen LogP contribution in [0, 0.1) is 0 Å². The molecule has 0 aliphatic rings. The SMILES string of the molecule is CCC(=O)O[C@@H](C)OC(=O)NCCNCCNCCN. The normalized spacial score (nSPS) is 11.8.